The van der Waals surface area contributed by atoms with E-state index in [4.69, 9.17) is 14.8 Å². The Kier molecular flexibility index (Phi) is 3.11. The second-order valence-electron chi connectivity index (χ2n) is 2.57. The van der Waals surface area contributed by atoms with Crippen LogP contribution in [-0.4, -0.2) is 24.3 Å². The topological polar surface area (TPSA) is 49.7 Å². The van der Waals surface area contributed by atoms with E-state index >= 15 is 0 Å². The molecule has 0 heterocycles. The predicted octanol–water partition coefficient (Wildman–Crippen LogP) is 0.0180. The van der Waals surface area contributed by atoms with Crippen LogP contribution in [0.5, 0.6) is 5.75 Å². The van der Waals surface area contributed by atoms with Gasteiger partial charge in [0.1, 0.15) is 5.75 Å². The first kappa shape index (κ1) is 9.83. The van der Waals surface area contributed by atoms with Gasteiger partial charge in [-0.3, -0.25) is 0 Å². The highest BCUT2D eigenvalue weighted by molar-refractivity contribution is 6.59. The molecule has 0 aliphatic rings. The zero-order valence-corrected chi connectivity index (χ0v) is 7.40. The van der Waals surface area contributed by atoms with E-state index in [-0.39, 0.29) is 0 Å². The molecule has 0 amide bonds. The first-order chi connectivity index (χ1) is 6.19. The molecular weight excluding hydrogens is 167 g/mol. The van der Waals surface area contributed by atoms with E-state index in [0.29, 0.717) is 16.8 Å². The van der Waals surface area contributed by atoms with E-state index < -0.39 is 7.12 Å². The maximum Gasteiger partial charge on any atom is 0.489 e. The number of hydrogen-bond acceptors (Lipinski definition) is 3. The van der Waals surface area contributed by atoms with Gasteiger partial charge in [0.05, 0.1) is 7.11 Å². The van der Waals surface area contributed by atoms with E-state index in [1.807, 2.05) is 0 Å². The highest BCUT2D eigenvalue weighted by atomic mass is 16.5. The van der Waals surface area contributed by atoms with Crippen molar-refractivity contribution in [1.82, 2.24) is 0 Å². The van der Waals surface area contributed by atoms with Gasteiger partial charge in [0, 0.05) is 0 Å². The van der Waals surface area contributed by atoms with Crippen LogP contribution in [0.25, 0.3) is 6.08 Å². The Labute approximate surface area is 77.4 Å². The largest absolute Gasteiger partial charge is 0.497 e. The molecule has 0 bridgehead atoms. The van der Waals surface area contributed by atoms with Crippen molar-refractivity contribution in [3.8, 4) is 5.75 Å². The van der Waals surface area contributed by atoms with Crippen molar-refractivity contribution in [1.29, 1.82) is 0 Å². The molecule has 0 atom stereocenters. The van der Waals surface area contributed by atoms with E-state index in [1.54, 1.807) is 31.4 Å². The van der Waals surface area contributed by atoms with E-state index in [0.717, 1.165) is 0 Å². The highest BCUT2D eigenvalue weighted by Crippen LogP contribution is 2.11. The molecular formula is C9H11BO3. The van der Waals surface area contributed by atoms with Gasteiger partial charge in [-0.05, 0) is 23.2 Å². The average Bonchev–Trinajstić information content (AvgIpc) is 2.16. The van der Waals surface area contributed by atoms with Crippen molar-refractivity contribution in [3.05, 3.63) is 30.3 Å². The zero-order valence-electron chi connectivity index (χ0n) is 7.40. The lowest BCUT2D eigenvalue weighted by Gasteiger charge is -2.06. The molecule has 13 heavy (non-hydrogen) atoms. The van der Waals surface area contributed by atoms with Gasteiger partial charge in [-0.1, -0.05) is 18.7 Å². The van der Waals surface area contributed by atoms with Crippen molar-refractivity contribution >= 4 is 18.7 Å². The molecule has 3 nitrogen and oxygen atoms in total. The van der Waals surface area contributed by atoms with Crippen LogP contribution in [0, 0.1) is 0 Å². The minimum atomic E-state index is -1.47. The Balaban J connectivity index is 3.15. The van der Waals surface area contributed by atoms with Gasteiger partial charge in [0.15, 0.2) is 0 Å². The summed E-state index contributed by atoms with van der Waals surface area (Å²) in [5.74, 6) is 0.666. The van der Waals surface area contributed by atoms with Crippen LogP contribution in [0.15, 0.2) is 24.8 Å². The van der Waals surface area contributed by atoms with Gasteiger partial charge in [0.25, 0.3) is 0 Å². The van der Waals surface area contributed by atoms with E-state index in [1.165, 1.54) is 0 Å². The number of benzene rings is 1. The Bertz CT molecular complexity index is 310. The molecule has 0 saturated heterocycles. The lowest BCUT2D eigenvalue weighted by atomic mass is 9.77. The van der Waals surface area contributed by atoms with Crippen LogP contribution in [0.4, 0.5) is 0 Å². The number of hydrogen-bond donors (Lipinski definition) is 2. The summed E-state index contributed by atoms with van der Waals surface area (Å²) >= 11 is 0. The standard InChI is InChI=1S/C9H11BO3/c1-3-7-6-8(13-2)4-5-9(7)10(11)12/h3-6,11-12H,1H2,2H3. The summed E-state index contributed by atoms with van der Waals surface area (Å²) in [5, 5.41) is 17.9. The molecule has 1 rings (SSSR count). The molecule has 0 radical (unpaired) electrons. The summed E-state index contributed by atoms with van der Waals surface area (Å²) in [4.78, 5) is 0. The molecule has 68 valence electrons. The molecule has 0 aliphatic carbocycles. The van der Waals surface area contributed by atoms with Crippen molar-refractivity contribution < 1.29 is 14.8 Å². The maximum atomic E-state index is 8.97. The molecule has 0 aromatic heterocycles. The molecule has 4 heteroatoms. The monoisotopic (exact) mass is 178 g/mol. The molecule has 0 saturated carbocycles. The summed E-state index contributed by atoms with van der Waals surface area (Å²) in [7, 11) is 0.0796. The highest BCUT2D eigenvalue weighted by Gasteiger charge is 2.14. The number of methoxy groups -OCH3 is 1. The second kappa shape index (κ2) is 4.12. The lowest BCUT2D eigenvalue weighted by Crippen LogP contribution is -2.31. The van der Waals surface area contributed by atoms with Gasteiger partial charge in [-0.2, -0.15) is 0 Å². The Morgan fingerprint density at radius 2 is 2.15 bits per heavy atom. The molecule has 0 aliphatic heterocycles. The third-order valence-corrected chi connectivity index (χ3v) is 1.79. The summed E-state index contributed by atoms with van der Waals surface area (Å²) < 4.78 is 4.98. The molecule has 0 spiro atoms. The van der Waals surface area contributed by atoms with Crippen molar-refractivity contribution in [3.63, 3.8) is 0 Å². The van der Waals surface area contributed by atoms with Crippen LogP contribution in [-0.2, 0) is 0 Å². The minimum Gasteiger partial charge on any atom is -0.497 e. The summed E-state index contributed by atoms with van der Waals surface area (Å²) in [6.45, 7) is 3.57. The van der Waals surface area contributed by atoms with Gasteiger partial charge >= 0.3 is 7.12 Å². The fraction of sp³-hybridized carbons (Fsp3) is 0.111. The first-order valence-electron chi connectivity index (χ1n) is 3.85. The fourth-order valence-electron chi connectivity index (χ4n) is 1.09. The SMILES string of the molecule is C=Cc1cc(OC)ccc1B(O)O. The van der Waals surface area contributed by atoms with Gasteiger partial charge in [-0.15, -0.1) is 0 Å². The molecule has 1 aromatic carbocycles. The van der Waals surface area contributed by atoms with E-state index in [9.17, 15) is 0 Å². The zero-order chi connectivity index (χ0) is 9.84. The normalized spacial score (nSPS) is 9.46. The Morgan fingerprint density at radius 1 is 1.46 bits per heavy atom. The average molecular weight is 178 g/mol. The molecule has 0 fully saturated rings. The third-order valence-electron chi connectivity index (χ3n) is 1.79. The van der Waals surface area contributed by atoms with Crippen LogP contribution in [0.3, 0.4) is 0 Å². The van der Waals surface area contributed by atoms with Crippen LogP contribution in [0.1, 0.15) is 5.56 Å². The molecule has 2 N–H and O–H groups in total. The number of ether oxygens (including phenoxy) is 1. The van der Waals surface area contributed by atoms with Crippen LogP contribution in [0.2, 0.25) is 0 Å². The van der Waals surface area contributed by atoms with E-state index in [2.05, 4.69) is 6.58 Å². The van der Waals surface area contributed by atoms with Gasteiger partial charge in [-0.25, -0.2) is 0 Å². The number of rotatable bonds is 3. The Hall–Kier alpha value is -1.26. The first-order valence-corrected chi connectivity index (χ1v) is 3.85. The quantitative estimate of drug-likeness (QED) is 0.641. The van der Waals surface area contributed by atoms with Crippen LogP contribution < -0.4 is 10.2 Å². The van der Waals surface area contributed by atoms with Gasteiger partial charge in [0.2, 0.25) is 0 Å². The van der Waals surface area contributed by atoms with Crippen molar-refractivity contribution in [2.45, 2.75) is 0 Å². The lowest BCUT2D eigenvalue weighted by molar-refractivity contribution is 0.414. The smallest absolute Gasteiger partial charge is 0.489 e. The maximum absolute atomic E-state index is 8.97. The Morgan fingerprint density at radius 3 is 2.62 bits per heavy atom. The van der Waals surface area contributed by atoms with Crippen molar-refractivity contribution in [2.24, 2.45) is 0 Å². The van der Waals surface area contributed by atoms with Gasteiger partial charge < -0.3 is 14.8 Å². The van der Waals surface area contributed by atoms with Crippen molar-refractivity contribution in [2.75, 3.05) is 7.11 Å². The summed E-state index contributed by atoms with van der Waals surface area (Å²) in [6.07, 6.45) is 1.55. The third kappa shape index (κ3) is 2.11. The minimum absolute atomic E-state index is 0.427. The summed E-state index contributed by atoms with van der Waals surface area (Å²) in [6, 6.07) is 4.96. The second-order valence-corrected chi connectivity index (χ2v) is 2.57. The predicted molar refractivity (Wildman–Crippen MR) is 52.9 cm³/mol. The van der Waals surface area contributed by atoms with Crippen LogP contribution >= 0.6 is 0 Å². The molecule has 1 aromatic rings. The molecule has 0 unspecified atom stereocenters. The fourth-order valence-corrected chi connectivity index (χ4v) is 1.09. The summed E-state index contributed by atoms with van der Waals surface area (Å²) in [5.41, 5.74) is 1.09.